The number of hydrogen-bond acceptors (Lipinski definition) is 7. The first-order valence-corrected chi connectivity index (χ1v) is 8.26. The SMILES string of the molecule is CC12CC(O)C(C1)C(C)(C)C2OC1OC(CO)C(O)C(O)C1O. The van der Waals surface area contributed by atoms with Gasteiger partial charge in [-0.15, -0.1) is 0 Å². The van der Waals surface area contributed by atoms with Gasteiger partial charge in [0.25, 0.3) is 0 Å². The molecule has 2 bridgehead atoms. The highest BCUT2D eigenvalue weighted by Crippen LogP contribution is 2.63. The molecule has 3 rings (SSSR count). The molecule has 0 amide bonds. The van der Waals surface area contributed by atoms with Crippen molar-refractivity contribution >= 4 is 0 Å². The lowest BCUT2D eigenvalue weighted by Gasteiger charge is -2.48. The molecule has 23 heavy (non-hydrogen) atoms. The van der Waals surface area contributed by atoms with Crippen molar-refractivity contribution in [3.63, 3.8) is 0 Å². The third-order valence-corrected chi connectivity index (χ3v) is 6.21. The molecule has 2 saturated carbocycles. The molecule has 0 aromatic heterocycles. The largest absolute Gasteiger partial charge is 0.394 e. The van der Waals surface area contributed by atoms with Crippen LogP contribution in [0.1, 0.15) is 33.6 Å². The van der Waals surface area contributed by atoms with Crippen molar-refractivity contribution in [1.82, 2.24) is 0 Å². The summed E-state index contributed by atoms with van der Waals surface area (Å²) in [6, 6.07) is 0. The molecule has 5 N–H and O–H groups in total. The smallest absolute Gasteiger partial charge is 0.187 e. The van der Waals surface area contributed by atoms with E-state index in [2.05, 4.69) is 6.92 Å². The molecule has 134 valence electrons. The van der Waals surface area contributed by atoms with Crippen LogP contribution in [0.5, 0.6) is 0 Å². The fraction of sp³-hybridized carbons (Fsp3) is 1.00. The Morgan fingerprint density at radius 2 is 1.65 bits per heavy atom. The van der Waals surface area contributed by atoms with Crippen molar-refractivity contribution in [3.05, 3.63) is 0 Å². The molecule has 7 heteroatoms. The second-order valence-electron chi connectivity index (χ2n) is 8.27. The van der Waals surface area contributed by atoms with Crippen LogP contribution in [0.25, 0.3) is 0 Å². The molecule has 0 radical (unpaired) electrons. The van der Waals surface area contributed by atoms with E-state index in [-0.39, 0.29) is 29.0 Å². The number of hydrogen-bond donors (Lipinski definition) is 5. The average molecular weight is 332 g/mol. The molecule has 1 saturated heterocycles. The van der Waals surface area contributed by atoms with E-state index in [4.69, 9.17) is 9.47 Å². The van der Waals surface area contributed by atoms with Crippen molar-refractivity contribution < 1.29 is 35.0 Å². The topological polar surface area (TPSA) is 120 Å². The van der Waals surface area contributed by atoms with Crippen LogP contribution in [0.2, 0.25) is 0 Å². The number of rotatable bonds is 3. The van der Waals surface area contributed by atoms with Gasteiger partial charge in [-0.05, 0) is 29.6 Å². The zero-order valence-corrected chi connectivity index (χ0v) is 13.8. The van der Waals surface area contributed by atoms with Crippen LogP contribution in [0, 0.1) is 16.7 Å². The summed E-state index contributed by atoms with van der Waals surface area (Å²) in [6.45, 7) is 5.64. The number of ether oxygens (including phenoxy) is 2. The maximum Gasteiger partial charge on any atom is 0.187 e. The van der Waals surface area contributed by atoms with Crippen molar-refractivity contribution in [2.45, 2.75) is 76.5 Å². The van der Waals surface area contributed by atoms with Gasteiger partial charge in [0, 0.05) is 0 Å². The number of aliphatic hydroxyl groups is 5. The van der Waals surface area contributed by atoms with Crippen molar-refractivity contribution in [1.29, 1.82) is 0 Å². The Hall–Kier alpha value is -0.280. The Bertz CT molecular complexity index is 449. The summed E-state index contributed by atoms with van der Waals surface area (Å²) in [7, 11) is 0. The predicted octanol–water partition coefficient (Wildman–Crippen LogP) is -1.01. The van der Waals surface area contributed by atoms with E-state index in [9.17, 15) is 25.5 Å². The summed E-state index contributed by atoms with van der Waals surface area (Å²) < 4.78 is 11.5. The van der Waals surface area contributed by atoms with E-state index in [0.717, 1.165) is 6.42 Å². The van der Waals surface area contributed by atoms with Gasteiger partial charge in [-0.25, -0.2) is 0 Å². The Kier molecular flexibility index (Phi) is 4.29. The Morgan fingerprint density at radius 1 is 1.00 bits per heavy atom. The van der Waals surface area contributed by atoms with Crippen LogP contribution in [0.15, 0.2) is 0 Å². The zero-order valence-electron chi connectivity index (χ0n) is 13.8. The lowest BCUT2D eigenvalue weighted by molar-refractivity contribution is -0.328. The molecule has 0 spiro atoms. The first-order chi connectivity index (χ1) is 10.6. The van der Waals surface area contributed by atoms with Gasteiger partial charge in [0.15, 0.2) is 6.29 Å². The summed E-state index contributed by atoms with van der Waals surface area (Å²) >= 11 is 0. The standard InChI is InChI=1S/C16H28O7/c1-15(2)7-4-16(3,5-8(7)18)14(15)23-13-12(21)11(20)10(19)9(6-17)22-13/h7-14,17-21H,4-6H2,1-3H3. The fourth-order valence-corrected chi connectivity index (χ4v) is 5.06. The molecule has 3 aliphatic rings. The van der Waals surface area contributed by atoms with E-state index in [1.807, 2.05) is 13.8 Å². The van der Waals surface area contributed by atoms with Crippen LogP contribution in [-0.4, -0.2) is 75.1 Å². The van der Waals surface area contributed by atoms with Crippen LogP contribution >= 0.6 is 0 Å². The molecule has 0 aromatic carbocycles. The highest BCUT2D eigenvalue weighted by Gasteiger charge is 2.65. The molecule has 1 heterocycles. The maximum atomic E-state index is 10.2. The van der Waals surface area contributed by atoms with Gasteiger partial charge in [-0.3, -0.25) is 0 Å². The van der Waals surface area contributed by atoms with Crippen LogP contribution in [0.4, 0.5) is 0 Å². The third-order valence-electron chi connectivity index (χ3n) is 6.21. The molecule has 3 fully saturated rings. The van der Waals surface area contributed by atoms with Crippen molar-refractivity contribution in [3.8, 4) is 0 Å². The maximum absolute atomic E-state index is 10.2. The van der Waals surface area contributed by atoms with Crippen LogP contribution in [-0.2, 0) is 9.47 Å². The highest BCUT2D eigenvalue weighted by atomic mass is 16.7. The van der Waals surface area contributed by atoms with E-state index in [1.54, 1.807) is 0 Å². The molecule has 7 nitrogen and oxygen atoms in total. The summed E-state index contributed by atoms with van der Waals surface area (Å²) in [5, 5.41) is 49.4. The van der Waals surface area contributed by atoms with Gasteiger partial charge in [0.05, 0.1) is 18.8 Å². The molecular weight excluding hydrogens is 304 g/mol. The minimum Gasteiger partial charge on any atom is -0.394 e. The summed E-state index contributed by atoms with van der Waals surface area (Å²) in [5.74, 6) is 0.113. The molecule has 2 aliphatic carbocycles. The molecule has 9 unspecified atom stereocenters. The Morgan fingerprint density at radius 3 is 2.17 bits per heavy atom. The fourth-order valence-electron chi connectivity index (χ4n) is 5.06. The normalized spacial score (nSPS) is 55.3. The second kappa shape index (κ2) is 5.62. The second-order valence-corrected chi connectivity index (χ2v) is 8.27. The molecule has 0 aromatic rings. The van der Waals surface area contributed by atoms with E-state index in [0.29, 0.717) is 6.42 Å². The summed E-state index contributed by atoms with van der Waals surface area (Å²) in [4.78, 5) is 0. The van der Waals surface area contributed by atoms with Crippen molar-refractivity contribution in [2.75, 3.05) is 6.61 Å². The molecule has 9 atom stereocenters. The van der Waals surface area contributed by atoms with Crippen LogP contribution < -0.4 is 0 Å². The minimum absolute atomic E-state index is 0.113. The van der Waals surface area contributed by atoms with E-state index < -0.39 is 37.3 Å². The quantitative estimate of drug-likeness (QED) is 0.449. The summed E-state index contributed by atoms with van der Waals surface area (Å²) in [6.07, 6.45) is -5.47. The van der Waals surface area contributed by atoms with Gasteiger partial charge < -0.3 is 35.0 Å². The van der Waals surface area contributed by atoms with Gasteiger partial charge in [-0.2, -0.15) is 0 Å². The predicted molar refractivity (Wildman–Crippen MR) is 79.3 cm³/mol. The lowest BCUT2D eigenvalue weighted by atomic mass is 9.69. The van der Waals surface area contributed by atoms with Crippen LogP contribution in [0.3, 0.4) is 0 Å². The van der Waals surface area contributed by atoms with E-state index >= 15 is 0 Å². The first-order valence-electron chi connectivity index (χ1n) is 8.26. The van der Waals surface area contributed by atoms with Gasteiger partial charge in [-0.1, -0.05) is 20.8 Å². The van der Waals surface area contributed by atoms with E-state index in [1.165, 1.54) is 0 Å². The summed E-state index contributed by atoms with van der Waals surface area (Å²) in [5.41, 5.74) is -0.530. The Balaban J connectivity index is 1.79. The van der Waals surface area contributed by atoms with Gasteiger partial charge in [0.1, 0.15) is 24.4 Å². The van der Waals surface area contributed by atoms with Crippen molar-refractivity contribution in [2.24, 2.45) is 16.7 Å². The number of fused-ring (bicyclic) bond motifs is 2. The monoisotopic (exact) mass is 332 g/mol. The number of aliphatic hydroxyl groups excluding tert-OH is 5. The average Bonchev–Trinajstić information content (AvgIpc) is 2.88. The minimum atomic E-state index is -1.44. The Labute approximate surface area is 135 Å². The zero-order chi connectivity index (χ0) is 17.2. The molecular formula is C16H28O7. The highest BCUT2D eigenvalue weighted by molar-refractivity contribution is 5.13. The van der Waals surface area contributed by atoms with Gasteiger partial charge >= 0.3 is 0 Å². The first kappa shape index (κ1) is 17.5. The lowest BCUT2D eigenvalue weighted by Crippen LogP contribution is -2.61. The van der Waals surface area contributed by atoms with Gasteiger partial charge in [0.2, 0.25) is 0 Å². The third kappa shape index (κ3) is 2.54. The molecule has 1 aliphatic heterocycles.